The number of ether oxygens (including phenoxy) is 1. The lowest BCUT2D eigenvalue weighted by Gasteiger charge is -2.17. The van der Waals surface area contributed by atoms with Crippen LogP contribution in [0.3, 0.4) is 0 Å². The highest BCUT2D eigenvalue weighted by Gasteiger charge is 2.01. The minimum atomic E-state index is -0.554. The highest BCUT2D eigenvalue weighted by atomic mass is 16.5. The number of carbonyl (C=O) groups is 1. The van der Waals surface area contributed by atoms with Gasteiger partial charge in [-0.2, -0.15) is 0 Å². The molecule has 0 radical (unpaired) electrons. The van der Waals surface area contributed by atoms with Crippen molar-refractivity contribution in [1.82, 2.24) is 4.90 Å². The van der Waals surface area contributed by atoms with Crippen molar-refractivity contribution in [2.45, 2.75) is 13.8 Å². The van der Waals surface area contributed by atoms with E-state index in [0.29, 0.717) is 6.61 Å². The minimum absolute atomic E-state index is 0.362. The molecule has 0 heterocycles. The van der Waals surface area contributed by atoms with E-state index >= 15 is 0 Å². The molecule has 0 unspecified atom stereocenters. The van der Waals surface area contributed by atoms with Gasteiger partial charge in [0.1, 0.15) is 13.2 Å². The predicted octanol–water partition coefficient (Wildman–Crippen LogP) is -0.136. The number of nitrogens with zero attached hydrogens (tertiary/aromatic N) is 1. The van der Waals surface area contributed by atoms with Crippen molar-refractivity contribution in [3.05, 3.63) is 0 Å². The molecule has 0 bridgehead atoms. The van der Waals surface area contributed by atoms with Gasteiger partial charge in [0.15, 0.2) is 0 Å². The number of aliphatic hydroxyl groups is 1. The summed E-state index contributed by atoms with van der Waals surface area (Å²) in [6.07, 6.45) is 0. The fourth-order valence-electron chi connectivity index (χ4n) is 0.874. The molecule has 0 aliphatic rings. The minimum Gasteiger partial charge on any atom is -0.463 e. The number of hydrogen-bond donors (Lipinski definition) is 1. The van der Waals surface area contributed by atoms with Crippen LogP contribution in [0.4, 0.5) is 0 Å². The molecule has 12 heavy (non-hydrogen) atoms. The summed E-state index contributed by atoms with van der Waals surface area (Å²) in [7, 11) is 0. The van der Waals surface area contributed by atoms with E-state index in [1.54, 1.807) is 0 Å². The number of rotatable bonds is 6. The van der Waals surface area contributed by atoms with Gasteiger partial charge in [-0.05, 0) is 13.1 Å². The first-order valence-electron chi connectivity index (χ1n) is 4.23. The van der Waals surface area contributed by atoms with Gasteiger partial charge in [0.05, 0.1) is 0 Å². The van der Waals surface area contributed by atoms with E-state index in [0.717, 1.165) is 19.6 Å². The Hall–Kier alpha value is -0.610. The Morgan fingerprint density at radius 2 is 2.00 bits per heavy atom. The van der Waals surface area contributed by atoms with Gasteiger partial charge < -0.3 is 14.7 Å². The van der Waals surface area contributed by atoms with Crippen LogP contribution in [0.1, 0.15) is 13.8 Å². The summed E-state index contributed by atoms with van der Waals surface area (Å²) < 4.78 is 4.69. The van der Waals surface area contributed by atoms with E-state index < -0.39 is 12.6 Å². The third-order valence-corrected chi connectivity index (χ3v) is 1.69. The van der Waals surface area contributed by atoms with Crippen LogP contribution in [0, 0.1) is 0 Å². The molecule has 4 nitrogen and oxygen atoms in total. The molecule has 0 saturated heterocycles. The van der Waals surface area contributed by atoms with E-state index in [9.17, 15) is 4.79 Å². The molecule has 0 saturated carbocycles. The van der Waals surface area contributed by atoms with Crippen molar-refractivity contribution in [3.8, 4) is 0 Å². The van der Waals surface area contributed by atoms with Crippen LogP contribution >= 0.6 is 0 Å². The van der Waals surface area contributed by atoms with Crippen LogP contribution in [0.5, 0.6) is 0 Å². The average Bonchev–Trinajstić information content (AvgIpc) is 2.12. The van der Waals surface area contributed by atoms with E-state index in [1.165, 1.54) is 0 Å². The number of likely N-dealkylation sites (N-methyl/N-ethyl adjacent to an activating group) is 1. The molecule has 0 rings (SSSR count). The molecular weight excluding hydrogens is 158 g/mol. The first-order valence-corrected chi connectivity index (χ1v) is 4.23. The lowest BCUT2D eigenvalue weighted by atomic mass is 10.5. The SMILES string of the molecule is CCN(CC)CCOC(=O)CO. The van der Waals surface area contributed by atoms with Gasteiger partial charge in [-0.3, -0.25) is 0 Å². The molecule has 0 aromatic carbocycles. The highest BCUT2D eigenvalue weighted by molar-refractivity contribution is 5.70. The zero-order valence-corrected chi connectivity index (χ0v) is 7.75. The van der Waals surface area contributed by atoms with E-state index in [-0.39, 0.29) is 0 Å². The second-order valence-electron chi connectivity index (χ2n) is 2.41. The normalized spacial score (nSPS) is 10.3. The zero-order chi connectivity index (χ0) is 9.40. The molecule has 72 valence electrons. The van der Waals surface area contributed by atoms with Crippen molar-refractivity contribution >= 4 is 5.97 Å². The molecular formula is C8H17NO3. The van der Waals surface area contributed by atoms with Crippen molar-refractivity contribution in [2.75, 3.05) is 32.8 Å². The molecule has 4 heteroatoms. The van der Waals surface area contributed by atoms with Crippen LogP contribution in [0.25, 0.3) is 0 Å². The Morgan fingerprint density at radius 3 is 2.42 bits per heavy atom. The standard InChI is InChI=1S/C8H17NO3/c1-3-9(4-2)5-6-12-8(11)7-10/h10H,3-7H2,1-2H3. The molecule has 1 N–H and O–H groups in total. The van der Waals surface area contributed by atoms with Crippen LogP contribution in [0.15, 0.2) is 0 Å². The van der Waals surface area contributed by atoms with E-state index in [1.807, 2.05) is 0 Å². The van der Waals surface area contributed by atoms with Gasteiger partial charge in [0.2, 0.25) is 0 Å². The highest BCUT2D eigenvalue weighted by Crippen LogP contribution is 1.86. The summed E-state index contributed by atoms with van der Waals surface area (Å²) in [6, 6.07) is 0. The summed E-state index contributed by atoms with van der Waals surface area (Å²) in [4.78, 5) is 12.6. The van der Waals surface area contributed by atoms with Crippen molar-refractivity contribution in [3.63, 3.8) is 0 Å². The summed E-state index contributed by atoms with van der Waals surface area (Å²) in [5.41, 5.74) is 0. The van der Waals surface area contributed by atoms with Crippen LogP contribution in [0.2, 0.25) is 0 Å². The van der Waals surface area contributed by atoms with Gasteiger partial charge in [0.25, 0.3) is 0 Å². The average molecular weight is 175 g/mol. The van der Waals surface area contributed by atoms with Gasteiger partial charge in [-0.25, -0.2) is 4.79 Å². The first-order chi connectivity index (χ1) is 5.74. The number of esters is 1. The molecule has 0 amide bonds. The van der Waals surface area contributed by atoms with Crippen molar-refractivity contribution in [2.24, 2.45) is 0 Å². The van der Waals surface area contributed by atoms with Crippen LogP contribution in [-0.4, -0.2) is 48.8 Å². The third kappa shape index (κ3) is 5.09. The summed E-state index contributed by atoms with van der Waals surface area (Å²) in [5, 5.41) is 8.33. The van der Waals surface area contributed by atoms with Gasteiger partial charge >= 0.3 is 5.97 Å². The Bertz CT molecular complexity index is 123. The Labute approximate surface area is 73.1 Å². The summed E-state index contributed by atoms with van der Waals surface area (Å²) in [6.45, 7) is 6.58. The van der Waals surface area contributed by atoms with Crippen LogP contribution < -0.4 is 0 Å². The maximum Gasteiger partial charge on any atom is 0.331 e. The van der Waals surface area contributed by atoms with Gasteiger partial charge in [-0.15, -0.1) is 0 Å². The fourth-order valence-corrected chi connectivity index (χ4v) is 0.874. The lowest BCUT2D eigenvalue weighted by Crippen LogP contribution is -2.28. The lowest BCUT2D eigenvalue weighted by molar-refractivity contribution is -0.147. The monoisotopic (exact) mass is 175 g/mol. The van der Waals surface area contributed by atoms with E-state index in [4.69, 9.17) is 9.84 Å². The molecule has 0 aliphatic heterocycles. The number of hydrogen-bond acceptors (Lipinski definition) is 4. The Morgan fingerprint density at radius 1 is 1.42 bits per heavy atom. The molecule has 0 aromatic rings. The first kappa shape index (κ1) is 11.4. The maximum absolute atomic E-state index is 10.5. The second kappa shape index (κ2) is 7.06. The van der Waals surface area contributed by atoms with Crippen molar-refractivity contribution < 1.29 is 14.6 Å². The molecule has 0 aliphatic carbocycles. The number of carbonyl (C=O) groups excluding carboxylic acids is 1. The fraction of sp³-hybridized carbons (Fsp3) is 0.875. The second-order valence-corrected chi connectivity index (χ2v) is 2.41. The molecule has 0 atom stereocenters. The molecule has 0 fully saturated rings. The predicted molar refractivity (Wildman–Crippen MR) is 45.8 cm³/mol. The quantitative estimate of drug-likeness (QED) is 0.571. The van der Waals surface area contributed by atoms with Gasteiger partial charge in [-0.1, -0.05) is 13.8 Å². The van der Waals surface area contributed by atoms with E-state index in [2.05, 4.69) is 18.7 Å². The summed E-state index contributed by atoms with van der Waals surface area (Å²) in [5.74, 6) is -0.554. The topological polar surface area (TPSA) is 49.8 Å². The van der Waals surface area contributed by atoms with Crippen LogP contribution in [-0.2, 0) is 9.53 Å². The Balaban J connectivity index is 3.34. The molecule has 0 aromatic heterocycles. The molecule has 0 spiro atoms. The Kier molecular flexibility index (Phi) is 6.70. The van der Waals surface area contributed by atoms with Crippen molar-refractivity contribution in [1.29, 1.82) is 0 Å². The summed E-state index contributed by atoms with van der Waals surface area (Å²) >= 11 is 0. The smallest absolute Gasteiger partial charge is 0.331 e. The van der Waals surface area contributed by atoms with Gasteiger partial charge in [0, 0.05) is 6.54 Å². The zero-order valence-electron chi connectivity index (χ0n) is 7.75. The maximum atomic E-state index is 10.5. The third-order valence-electron chi connectivity index (χ3n) is 1.69. The number of aliphatic hydroxyl groups excluding tert-OH is 1. The largest absolute Gasteiger partial charge is 0.463 e.